The maximum atomic E-state index is 13.2. The van der Waals surface area contributed by atoms with E-state index in [1.54, 1.807) is 0 Å². The highest BCUT2D eigenvalue weighted by Gasteiger charge is 2.14. The van der Waals surface area contributed by atoms with Crippen molar-refractivity contribution in [1.82, 2.24) is 5.32 Å². The molecular formula is C13H17FN2O3. The van der Waals surface area contributed by atoms with E-state index in [1.807, 2.05) is 0 Å². The third-order valence-electron chi connectivity index (χ3n) is 3.26. The Hall–Kier alpha value is -1.53. The molecule has 1 aliphatic rings. The van der Waals surface area contributed by atoms with Gasteiger partial charge in [0.05, 0.1) is 11.0 Å². The molecule has 0 unspecified atom stereocenters. The molecule has 1 saturated heterocycles. The van der Waals surface area contributed by atoms with Gasteiger partial charge in [-0.05, 0) is 36.9 Å². The van der Waals surface area contributed by atoms with E-state index in [2.05, 4.69) is 5.32 Å². The van der Waals surface area contributed by atoms with E-state index in [4.69, 9.17) is 4.74 Å². The highest BCUT2D eigenvalue weighted by atomic mass is 19.1. The monoisotopic (exact) mass is 268 g/mol. The summed E-state index contributed by atoms with van der Waals surface area (Å²) in [6.07, 6.45) is 2.05. The average Bonchev–Trinajstić information content (AvgIpc) is 2.39. The zero-order valence-electron chi connectivity index (χ0n) is 10.6. The SMILES string of the molecule is O=[N+]([O-])c1cc(F)cc(CNCC2CCOCC2)c1. The van der Waals surface area contributed by atoms with Crippen LogP contribution in [0.25, 0.3) is 0 Å². The summed E-state index contributed by atoms with van der Waals surface area (Å²) in [4.78, 5) is 10.1. The second-order valence-electron chi connectivity index (χ2n) is 4.76. The third-order valence-corrected chi connectivity index (χ3v) is 3.26. The predicted octanol–water partition coefficient (Wildman–Crippen LogP) is 2.25. The van der Waals surface area contributed by atoms with Crippen LogP contribution in [0.1, 0.15) is 18.4 Å². The van der Waals surface area contributed by atoms with Gasteiger partial charge in [0.1, 0.15) is 5.82 Å². The minimum absolute atomic E-state index is 0.206. The molecule has 1 aliphatic heterocycles. The molecule has 1 heterocycles. The molecule has 0 bridgehead atoms. The molecule has 0 radical (unpaired) electrons. The minimum atomic E-state index is -0.578. The lowest BCUT2D eigenvalue weighted by Crippen LogP contribution is -2.27. The van der Waals surface area contributed by atoms with Crippen molar-refractivity contribution in [3.05, 3.63) is 39.7 Å². The summed E-state index contributed by atoms with van der Waals surface area (Å²) in [6, 6.07) is 3.66. The normalized spacial score (nSPS) is 16.5. The summed E-state index contributed by atoms with van der Waals surface area (Å²) < 4.78 is 18.5. The number of nitro groups is 1. The highest BCUT2D eigenvalue weighted by molar-refractivity contribution is 5.35. The Kier molecular flexibility index (Phi) is 4.81. The number of rotatable bonds is 5. The maximum Gasteiger partial charge on any atom is 0.272 e. The number of ether oxygens (including phenoxy) is 1. The summed E-state index contributed by atoms with van der Waals surface area (Å²) in [7, 11) is 0. The van der Waals surface area contributed by atoms with Crippen molar-refractivity contribution in [1.29, 1.82) is 0 Å². The van der Waals surface area contributed by atoms with Gasteiger partial charge in [0.25, 0.3) is 5.69 Å². The predicted molar refractivity (Wildman–Crippen MR) is 68.3 cm³/mol. The molecule has 1 N–H and O–H groups in total. The number of nitro benzene ring substituents is 1. The Labute approximate surface area is 110 Å². The first-order valence-corrected chi connectivity index (χ1v) is 6.37. The second-order valence-corrected chi connectivity index (χ2v) is 4.76. The van der Waals surface area contributed by atoms with Crippen molar-refractivity contribution in [2.24, 2.45) is 5.92 Å². The fraction of sp³-hybridized carbons (Fsp3) is 0.538. The largest absolute Gasteiger partial charge is 0.381 e. The quantitative estimate of drug-likeness (QED) is 0.657. The van der Waals surface area contributed by atoms with Gasteiger partial charge in [-0.2, -0.15) is 0 Å². The van der Waals surface area contributed by atoms with Crippen molar-refractivity contribution in [2.45, 2.75) is 19.4 Å². The van der Waals surface area contributed by atoms with Gasteiger partial charge in [-0.25, -0.2) is 4.39 Å². The molecule has 0 spiro atoms. The first-order valence-electron chi connectivity index (χ1n) is 6.37. The van der Waals surface area contributed by atoms with E-state index >= 15 is 0 Å². The summed E-state index contributed by atoms with van der Waals surface area (Å²) in [5.41, 5.74) is 0.390. The zero-order chi connectivity index (χ0) is 13.7. The van der Waals surface area contributed by atoms with Crippen molar-refractivity contribution in [3.63, 3.8) is 0 Å². The summed E-state index contributed by atoms with van der Waals surface area (Å²) in [5, 5.41) is 13.9. The van der Waals surface area contributed by atoms with Gasteiger partial charge >= 0.3 is 0 Å². The molecule has 2 rings (SSSR count). The molecule has 1 aromatic carbocycles. The van der Waals surface area contributed by atoms with E-state index in [-0.39, 0.29) is 5.69 Å². The number of benzene rings is 1. The van der Waals surface area contributed by atoms with Crippen molar-refractivity contribution in [2.75, 3.05) is 19.8 Å². The van der Waals surface area contributed by atoms with Crippen LogP contribution in [0.3, 0.4) is 0 Å². The van der Waals surface area contributed by atoms with Gasteiger partial charge in [0.15, 0.2) is 0 Å². The fourth-order valence-electron chi connectivity index (χ4n) is 2.21. The number of hydrogen-bond donors (Lipinski definition) is 1. The van der Waals surface area contributed by atoms with Crippen molar-refractivity contribution >= 4 is 5.69 Å². The second kappa shape index (κ2) is 6.58. The molecule has 1 fully saturated rings. The summed E-state index contributed by atoms with van der Waals surface area (Å²) in [6.45, 7) is 2.85. The van der Waals surface area contributed by atoms with Crippen LogP contribution in [-0.4, -0.2) is 24.7 Å². The first-order chi connectivity index (χ1) is 9.15. The van der Waals surface area contributed by atoms with E-state index in [1.165, 1.54) is 12.1 Å². The summed E-state index contributed by atoms with van der Waals surface area (Å²) >= 11 is 0. The molecule has 104 valence electrons. The molecule has 0 amide bonds. The van der Waals surface area contributed by atoms with Crippen LogP contribution in [0.5, 0.6) is 0 Å². The lowest BCUT2D eigenvalue weighted by atomic mass is 10.0. The number of nitrogens with zero attached hydrogens (tertiary/aromatic N) is 1. The molecular weight excluding hydrogens is 251 g/mol. The van der Waals surface area contributed by atoms with Crippen molar-refractivity contribution < 1.29 is 14.1 Å². The molecule has 0 aromatic heterocycles. The maximum absolute atomic E-state index is 13.2. The average molecular weight is 268 g/mol. The smallest absolute Gasteiger partial charge is 0.272 e. The lowest BCUT2D eigenvalue weighted by molar-refractivity contribution is -0.385. The standard InChI is InChI=1S/C13H17FN2O3/c14-12-5-11(6-13(7-12)16(17)18)9-15-8-10-1-3-19-4-2-10/h5-7,10,15H,1-4,8-9H2. The van der Waals surface area contributed by atoms with E-state index < -0.39 is 10.7 Å². The topological polar surface area (TPSA) is 64.4 Å². The van der Waals surface area contributed by atoms with Crippen LogP contribution in [0, 0.1) is 21.8 Å². The molecule has 19 heavy (non-hydrogen) atoms. The van der Waals surface area contributed by atoms with Crippen LogP contribution in [-0.2, 0) is 11.3 Å². The Morgan fingerprint density at radius 2 is 2.11 bits per heavy atom. The van der Waals surface area contributed by atoms with Gasteiger partial charge in [0, 0.05) is 25.8 Å². The minimum Gasteiger partial charge on any atom is -0.381 e. The van der Waals surface area contributed by atoms with Crippen molar-refractivity contribution in [3.8, 4) is 0 Å². The lowest BCUT2D eigenvalue weighted by Gasteiger charge is -2.22. The van der Waals surface area contributed by atoms with Crippen LogP contribution in [0.2, 0.25) is 0 Å². The Morgan fingerprint density at radius 1 is 1.37 bits per heavy atom. The first kappa shape index (κ1) is 13.9. The molecule has 0 saturated carbocycles. The van der Waals surface area contributed by atoms with Crippen LogP contribution >= 0.6 is 0 Å². The number of halogens is 1. The van der Waals surface area contributed by atoms with Crippen LogP contribution < -0.4 is 5.32 Å². The number of hydrogen-bond acceptors (Lipinski definition) is 4. The Bertz CT molecular complexity index is 448. The Morgan fingerprint density at radius 3 is 2.79 bits per heavy atom. The third kappa shape index (κ3) is 4.25. The van der Waals surface area contributed by atoms with E-state index in [0.29, 0.717) is 18.0 Å². The van der Waals surface area contributed by atoms with Crippen LogP contribution in [0.15, 0.2) is 18.2 Å². The Balaban J connectivity index is 1.86. The van der Waals surface area contributed by atoms with Gasteiger partial charge in [-0.1, -0.05) is 0 Å². The van der Waals surface area contributed by atoms with Gasteiger partial charge in [-0.3, -0.25) is 10.1 Å². The van der Waals surface area contributed by atoms with E-state index in [0.717, 1.165) is 38.7 Å². The van der Waals surface area contributed by atoms with E-state index in [9.17, 15) is 14.5 Å². The molecule has 0 aliphatic carbocycles. The number of non-ortho nitro benzene ring substituents is 1. The molecule has 6 heteroatoms. The molecule has 5 nitrogen and oxygen atoms in total. The fourth-order valence-corrected chi connectivity index (χ4v) is 2.21. The number of nitrogens with one attached hydrogen (secondary N) is 1. The van der Waals surface area contributed by atoms with Gasteiger partial charge in [-0.15, -0.1) is 0 Å². The molecule has 0 atom stereocenters. The molecule has 1 aromatic rings. The highest BCUT2D eigenvalue weighted by Crippen LogP contribution is 2.17. The van der Waals surface area contributed by atoms with Gasteiger partial charge < -0.3 is 10.1 Å². The van der Waals surface area contributed by atoms with Crippen LogP contribution in [0.4, 0.5) is 10.1 Å². The zero-order valence-corrected chi connectivity index (χ0v) is 10.6. The summed E-state index contributed by atoms with van der Waals surface area (Å²) in [5.74, 6) is -0.00522. The van der Waals surface area contributed by atoms with Gasteiger partial charge in [0.2, 0.25) is 0 Å².